The largest absolute Gasteiger partial charge is 0.489 e. The van der Waals surface area contributed by atoms with Crippen LogP contribution >= 0.6 is 22.9 Å². The number of rotatable bonds is 10. The van der Waals surface area contributed by atoms with Gasteiger partial charge < -0.3 is 14.2 Å². The molecule has 0 aliphatic carbocycles. The van der Waals surface area contributed by atoms with Crippen molar-refractivity contribution in [3.05, 3.63) is 124 Å². The SMILES string of the molecule is O=C(COc1ccc(OCc2ccccc2)cc1)N/N=C/c1ccccc1OC(=O)c1sc2ccccc2c1Cl. The van der Waals surface area contributed by atoms with E-state index < -0.39 is 11.9 Å². The van der Waals surface area contributed by atoms with Gasteiger partial charge in [0.2, 0.25) is 0 Å². The van der Waals surface area contributed by atoms with E-state index in [4.69, 9.17) is 25.8 Å². The Balaban J connectivity index is 1.12. The Hall–Kier alpha value is -4.66. The lowest BCUT2D eigenvalue weighted by molar-refractivity contribution is -0.123. The number of amides is 1. The molecular formula is C31H23ClN2O5S. The number of hydrazone groups is 1. The number of para-hydroxylation sites is 1. The topological polar surface area (TPSA) is 86.2 Å². The van der Waals surface area contributed by atoms with E-state index in [0.29, 0.717) is 33.6 Å². The van der Waals surface area contributed by atoms with E-state index in [-0.39, 0.29) is 12.4 Å². The first-order valence-corrected chi connectivity index (χ1v) is 13.5. The fourth-order valence-corrected chi connectivity index (χ4v) is 5.08. The van der Waals surface area contributed by atoms with E-state index in [9.17, 15) is 9.59 Å². The highest BCUT2D eigenvalue weighted by Gasteiger charge is 2.19. The van der Waals surface area contributed by atoms with Crippen LogP contribution in [-0.4, -0.2) is 24.7 Å². The zero-order valence-corrected chi connectivity index (χ0v) is 22.7. The van der Waals surface area contributed by atoms with Gasteiger partial charge in [-0.05, 0) is 48.0 Å². The second-order valence-corrected chi connectivity index (χ2v) is 9.93. The number of hydrogen-bond donors (Lipinski definition) is 1. The fraction of sp³-hybridized carbons (Fsp3) is 0.0645. The highest BCUT2D eigenvalue weighted by atomic mass is 35.5. The normalized spacial score (nSPS) is 10.9. The first-order valence-electron chi connectivity index (χ1n) is 12.3. The molecule has 7 nitrogen and oxygen atoms in total. The maximum absolute atomic E-state index is 12.8. The molecule has 4 aromatic carbocycles. The highest BCUT2D eigenvalue weighted by Crippen LogP contribution is 2.36. The predicted octanol–water partition coefficient (Wildman–Crippen LogP) is 6.88. The number of fused-ring (bicyclic) bond motifs is 1. The minimum atomic E-state index is -0.569. The summed E-state index contributed by atoms with van der Waals surface area (Å²) < 4.78 is 17.8. The minimum Gasteiger partial charge on any atom is -0.489 e. The zero-order chi connectivity index (χ0) is 27.7. The third kappa shape index (κ3) is 6.85. The zero-order valence-electron chi connectivity index (χ0n) is 21.1. The number of hydrogen-bond acceptors (Lipinski definition) is 7. The van der Waals surface area contributed by atoms with Gasteiger partial charge in [-0.1, -0.05) is 72.3 Å². The van der Waals surface area contributed by atoms with Crippen molar-refractivity contribution in [2.45, 2.75) is 6.61 Å². The van der Waals surface area contributed by atoms with Crippen molar-refractivity contribution in [2.24, 2.45) is 5.10 Å². The van der Waals surface area contributed by atoms with Crippen LogP contribution in [0, 0.1) is 0 Å². The summed E-state index contributed by atoms with van der Waals surface area (Å²) >= 11 is 7.68. The smallest absolute Gasteiger partial charge is 0.355 e. The van der Waals surface area contributed by atoms with E-state index >= 15 is 0 Å². The van der Waals surface area contributed by atoms with Gasteiger partial charge >= 0.3 is 5.97 Å². The molecule has 0 radical (unpaired) electrons. The van der Waals surface area contributed by atoms with Crippen molar-refractivity contribution in [1.82, 2.24) is 5.43 Å². The summed E-state index contributed by atoms with van der Waals surface area (Å²) in [6.45, 7) is 0.227. The van der Waals surface area contributed by atoms with Crippen molar-refractivity contribution in [2.75, 3.05) is 6.61 Å². The number of nitrogens with zero attached hydrogens (tertiary/aromatic N) is 1. The van der Waals surface area contributed by atoms with Gasteiger partial charge in [-0.2, -0.15) is 5.10 Å². The van der Waals surface area contributed by atoms with Gasteiger partial charge in [0, 0.05) is 15.6 Å². The fourth-order valence-electron chi connectivity index (χ4n) is 3.70. The Morgan fingerprint density at radius 1 is 0.825 bits per heavy atom. The summed E-state index contributed by atoms with van der Waals surface area (Å²) in [6, 6.07) is 31.2. The maximum Gasteiger partial charge on any atom is 0.355 e. The number of nitrogens with one attached hydrogen (secondary N) is 1. The lowest BCUT2D eigenvalue weighted by Gasteiger charge is -2.08. The molecule has 0 atom stereocenters. The van der Waals surface area contributed by atoms with Crippen LogP contribution in [0.5, 0.6) is 17.2 Å². The van der Waals surface area contributed by atoms with Crippen LogP contribution in [0.25, 0.3) is 10.1 Å². The molecule has 40 heavy (non-hydrogen) atoms. The number of thiophene rings is 1. The minimum absolute atomic E-state index is 0.234. The van der Waals surface area contributed by atoms with Crippen LogP contribution in [0.15, 0.2) is 108 Å². The van der Waals surface area contributed by atoms with Crippen molar-refractivity contribution >= 4 is 51.1 Å². The molecule has 1 N–H and O–H groups in total. The summed E-state index contributed by atoms with van der Waals surface area (Å²) in [5.74, 6) is 0.473. The van der Waals surface area contributed by atoms with Gasteiger partial charge in [0.1, 0.15) is 28.7 Å². The third-order valence-electron chi connectivity index (χ3n) is 5.68. The molecule has 0 saturated heterocycles. The molecule has 1 amide bonds. The monoisotopic (exact) mass is 570 g/mol. The average Bonchev–Trinajstić information content (AvgIpc) is 3.33. The summed E-state index contributed by atoms with van der Waals surface area (Å²) in [5.41, 5.74) is 3.98. The Bertz CT molecular complexity index is 1650. The second-order valence-electron chi connectivity index (χ2n) is 8.50. The van der Waals surface area contributed by atoms with Crippen LogP contribution < -0.4 is 19.6 Å². The summed E-state index contributed by atoms with van der Waals surface area (Å²) in [4.78, 5) is 25.4. The number of ether oxygens (including phenoxy) is 3. The van der Waals surface area contributed by atoms with Gasteiger partial charge in [0.15, 0.2) is 6.61 Å². The standard InChI is InChI=1S/C31H23ClN2O5S/c32-29-25-11-5-7-13-27(25)40-30(29)31(36)39-26-12-6-4-10-22(26)18-33-34-28(35)20-38-24-16-14-23(15-17-24)37-19-21-8-2-1-3-9-21/h1-18H,19-20H2,(H,34,35)/b33-18+. The van der Waals surface area contributed by atoms with Gasteiger partial charge in [-0.25, -0.2) is 10.2 Å². The first-order chi connectivity index (χ1) is 19.6. The van der Waals surface area contributed by atoms with Crippen LogP contribution in [0.3, 0.4) is 0 Å². The Morgan fingerprint density at radius 3 is 2.27 bits per heavy atom. The van der Waals surface area contributed by atoms with Crippen LogP contribution in [0.2, 0.25) is 5.02 Å². The van der Waals surface area contributed by atoms with E-state index in [1.54, 1.807) is 48.5 Å². The van der Waals surface area contributed by atoms with E-state index in [0.717, 1.165) is 15.6 Å². The molecule has 0 fully saturated rings. The molecule has 0 aliphatic heterocycles. The molecular weight excluding hydrogens is 548 g/mol. The summed E-state index contributed by atoms with van der Waals surface area (Å²) in [5, 5.41) is 5.13. The van der Waals surface area contributed by atoms with Crippen LogP contribution in [0.4, 0.5) is 0 Å². The number of carbonyl (C=O) groups is 2. The number of esters is 1. The van der Waals surface area contributed by atoms with Crippen LogP contribution in [-0.2, 0) is 11.4 Å². The molecule has 1 heterocycles. The van der Waals surface area contributed by atoms with E-state index in [2.05, 4.69) is 10.5 Å². The molecule has 200 valence electrons. The second kappa shape index (κ2) is 12.9. The molecule has 1 aromatic heterocycles. The van der Waals surface area contributed by atoms with Crippen molar-refractivity contribution < 1.29 is 23.8 Å². The number of carbonyl (C=O) groups excluding carboxylic acids is 2. The number of benzene rings is 4. The lowest BCUT2D eigenvalue weighted by atomic mass is 10.2. The maximum atomic E-state index is 12.8. The number of halogens is 1. The van der Waals surface area contributed by atoms with Crippen molar-refractivity contribution in [3.8, 4) is 17.2 Å². The van der Waals surface area contributed by atoms with Gasteiger partial charge in [0.25, 0.3) is 5.91 Å². The molecule has 0 spiro atoms. The molecule has 0 saturated carbocycles. The molecule has 0 bridgehead atoms. The average molecular weight is 571 g/mol. The predicted molar refractivity (Wildman–Crippen MR) is 157 cm³/mol. The lowest BCUT2D eigenvalue weighted by Crippen LogP contribution is -2.24. The van der Waals surface area contributed by atoms with E-state index in [1.165, 1.54) is 17.6 Å². The summed E-state index contributed by atoms with van der Waals surface area (Å²) in [6.07, 6.45) is 1.39. The van der Waals surface area contributed by atoms with Gasteiger partial charge in [-0.15, -0.1) is 11.3 Å². The highest BCUT2D eigenvalue weighted by molar-refractivity contribution is 7.21. The van der Waals surface area contributed by atoms with Crippen molar-refractivity contribution in [1.29, 1.82) is 0 Å². The Morgan fingerprint density at radius 2 is 1.50 bits per heavy atom. The van der Waals surface area contributed by atoms with Crippen LogP contribution in [0.1, 0.15) is 20.8 Å². The molecule has 5 aromatic rings. The molecule has 0 unspecified atom stereocenters. The molecule has 9 heteroatoms. The first kappa shape index (κ1) is 26.9. The molecule has 0 aliphatic rings. The van der Waals surface area contributed by atoms with Crippen molar-refractivity contribution in [3.63, 3.8) is 0 Å². The quantitative estimate of drug-likeness (QED) is 0.0856. The third-order valence-corrected chi connectivity index (χ3v) is 7.33. The van der Waals surface area contributed by atoms with E-state index in [1.807, 2.05) is 54.6 Å². The Labute approximate surface area is 239 Å². The Kier molecular flexibility index (Phi) is 8.70. The van der Waals surface area contributed by atoms with Gasteiger partial charge in [-0.3, -0.25) is 4.79 Å². The van der Waals surface area contributed by atoms with Gasteiger partial charge in [0.05, 0.1) is 11.2 Å². The molecule has 5 rings (SSSR count). The summed E-state index contributed by atoms with van der Waals surface area (Å²) in [7, 11) is 0.